The van der Waals surface area contributed by atoms with Crippen molar-refractivity contribution in [3.63, 3.8) is 0 Å². The molecule has 0 fully saturated rings. The molecule has 106 valence electrons. The van der Waals surface area contributed by atoms with E-state index in [-0.39, 0.29) is 16.8 Å². The van der Waals surface area contributed by atoms with E-state index in [0.29, 0.717) is 0 Å². The summed E-state index contributed by atoms with van der Waals surface area (Å²) in [6, 6.07) is 2.08. The summed E-state index contributed by atoms with van der Waals surface area (Å²) < 4.78 is 27.2. The summed E-state index contributed by atoms with van der Waals surface area (Å²) in [5.41, 5.74) is -0.612. The van der Waals surface area contributed by atoms with Gasteiger partial charge in [0.1, 0.15) is 17.3 Å². The van der Waals surface area contributed by atoms with Crippen molar-refractivity contribution in [3.8, 4) is 0 Å². The van der Waals surface area contributed by atoms with E-state index in [0.717, 1.165) is 25.0 Å². The summed E-state index contributed by atoms with van der Waals surface area (Å²) in [5.74, 6) is -2.02. The molecule has 5 heteroatoms. The van der Waals surface area contributed by atoms with Gasteiger partial charge in [0.05, 0.1) is 0 Å². The van der Waals surface area contributed by atoms with Gasteiger partial charge in [0.25, 0.3) is 5.91 Å². The first-order valence-electron chi connectivity index (χ1n) is 6.36. The summed E-state index contributed by atoms with van der Waals surface area (Å²) in [6.07, 6.45) is 1.49. The highest BCUT2D eigenvalue weighted by Crippen LogP contribution is 2.21. The van der Waals surface area contributed by atoms with Crippen LogP contribution >= 0.6 is 0 Å². The van der Waals surface area contributed by atoms with Crippen LogP contribution in [0.4, 0.5) is 14.5 Å². The molecule has 0 spiro atoms. The van der Waals surface area contributed by atoms with Crippen LogP contribution in [0.1, 0.15) is 44.0 Å². The van der Waals surface area contributed by atoms with Crippen LogP contribution in [-0.2, 0) is 0 Å². The lowest BCUT2D eigenvalue weighted by Gasteiger charge is -2.28. The Labute approximate surface area is 112 Å². The highest BCUT2D eigenvalue weighted by Gasteiger charge is 2.23. The first kappa shape index (κ1) is 15.4. The minimum Gasteiger partial charge on any atom is -0.383 e. The quantitative estimate of drug-likeness (QED) is 0.861. The van der Waals surface area contributed by atoms with Gasteiger partial charge in [-0.15, -0.1) is 0 Å². The molecule has 0 saturated carbocycles. The lowest BCUT2D eigenvalue weighted by atomic mass is 9.95. The van der Waals surface area contributed by atoms with Crippen molar-refractivity contribution in [3.05, 3.63) is 29.3 Å². The highest BCUT2D eigenvalue weighted by atomic mass is 19.1. The third-order valence-corrected chi connectivity index (χ3v) is 3.53. The largest absolute Gasteiger partial charge is 0.383 e. The van der Waals surface area contributed by atoms with E-state index in [1.807, 2.05) is 20.8 Å². The number of carbonyl (C=O) groups is 1. The average Bonchev–Trinajstić information content (AvgIpc) is 2.38. The van der Waals surface area contributed by atoms with Gasteiger partial charge in [-0.2, -0.15) is 0 Å². The second-order valence-electron chi connectivity index (χ2n) is 4.79. The molecule has 0 unspecified atom stereocenters. The number of anilines is 1. The van der Waals surface area contributed by atoms with Gasteiger partial charge in [-0.25, -0.2) is 8.78 Å². The first-order valence-corrected chi connectivity index (χ1v) is 6.36. The Morgan fingerprint density at radius 2 is 1.68 bits per heavy atom. The van der Waals surface area contributed by atoms with E-state index in [1.165, 1.54) is 7.05 Å². The second kappa shape index (κ2) is 5.99. The normalized spacial score (nSPS) is 11.3. The van der Waals surface area contributed by atoms with Crippen molar-refractivity contribution in [2.75, 3.05) is 12.4 Å². The van der Waals surface area contributed by atoms with Crippen molar-refractivity contribution in [1.29, 1.82) is 0 Å². The van der Waals surface area contributed by atoms with Gasteiger partial charge in [0.15, 0.2) is 0 Å². The van der Waals surface area contributed by atoms with Crippen molar-refractivity contribution >= 4 is 11.6 Å². The molecule has 0 aliphatic heterocycles. The summed E-state index contributed by atoms with van der Waals surface area (Å²) in [4.78, 5) is 12.0. The number of amides is 1. The van der Waals surface area contributed by atoms with E-state index >= 15 is 0 Å². The van der Waals surface area contributed by atoms with E-state index < -0.39 is 17.5 Å². The number of halogens is 2. The molecule has 3 nitrogen and oxygen atoms in total. The Morgan fingerprint density at radius 1 is 1.21 bits per heavy atom. The maximum Gasteiger partial charge on any atom is 0.251 e. The van der Waals surface area contributed by atoms with Gasteiger partial charge < -0.3 is 10.6 Å². The van der Waals surface area contributed by atoms with Crippen molar-refractivity contribution < 1.29 is 13.6 Å². The molecule has 0 bridgehead atoms. The van der Waals surface area contributed by atoms with Crippen LogP contribution in [0.2, 0.25) is 0 Å². The maximum atomic E-state index is 13.6. The smallest absolute Gasteiger partial charge is 0.251 e. The summed E-state index contributed by atoms with van der Waals surface area (Å²) in [7, 11) is 1.42. The zero-order chi connectivity index (χ0) is 14.6. The number of nitrogens with one attached hydrogen (secondary N) is 2. The standard InChI is InChI=1S/C14H20F2N2O/c1-5-14(3,6-2)18-13(19)9-7-10(15)12(17-4)11(16)8-9/h7-8,17H,5-6H2,1-4H3,(H,18,19). The molecule has 1 aromatic rings. The fraction of sp³-hybridized carbons (Fsp3) is 0.500. The molecular formula is C14H20F2N2O. The van der Waals surface area contributed by atoms with E-state index in [4.69, 9.17) is 0 Å². The monoisotopic (exact) mass is 270 g/mol. The van der Waals surface area contributed by atoms with Crippen molar-refractivity contribution in [2.24, 2.45) is 0 Å². The van der Waals surface area contributed by atoms with Crippen molar-refractivity contribution in [1.82, 2.24) is 5.32 Å². The predicted molar refractivity (Wildman–Crippen MR) is 72.4 cm³/mol. The third-order valence-electron chi connectivity index (χ3n) is 3.53. The van der Waals surface area contributed by atoms with Crippen LogP contribution in [0.3, 0.4) is 0 Å². The van der Waals surface area contributed by atoms with Crippen LogP contribution in [0.25, 0.3) is 0 Å². The molecule has 2 N–H and O–H groups in total. The number of hydrogen-bond donors (Lipinski definition) is 2. The fourth-order valence-corrected chi connectivity index (χ4v) is 1.72. The molecule has 0 aliphatic rings. The van der Waals surface area contributed by atoms with Crippen molar-refractivity contribution in [2.45, 2.75) is 39.2 Å². The average molecular weight is 270 g/mol. The zero-order valence-corrected chi connectivity index (χ0v) is 11.7. The minimum absolute atomic E-state index is 0.0119. The van der Waals surface area contributed by atoms with E-state index in [9.17, 15) is 13.6 Å². The van der Waals surface area contributed by atoms with Crippen LogP contribution in [0.5, 0.6) is 0 Å². The molecule has 0 heterocycles. The van der Waals surface area contributed by atoms with E-state index in [2.05, 4.69) is 10.6 Å². The van der Waals surface area contributed by atoms with Gasteiger partial charge in [0.2, 0.25) is 0 Å². The number of carbonyl (C=O) groups excluding carboxylic acids is 1. The Bertz CT molecular complexity index is 448. The zero-order valence-electron chi connectivity index (χ0n) is 11.7. The van der Waals surface area contributed by atoms with Gasteiger partial charge in [0, 0.05) is 18.2 Å². The van der Waals surface area contributed by atoms with Gasteiger partial charge in [-0.05, 0) is 31.9 Å². The van der Waals surface area contributed by atoms with Gasteiger partial charge in [-0.3, -0.25) is 4.79 Å². The number of hydrogen-bond acceptors (Lipinski definition) is 2. The molecule has 1 rings (SSSR count). The predicted octanol–water partition coefficient (Wildman–Crippen LogP) is 3.32. The molecule has 0 aliphatic carbocycles. The molecule has 0 aromatic heterocycles. The Kier molecular flexibility index (Phi) is 4.86. The Hall–Kier alpha value is -1.65. The molecule has 19 heavy (non-hydrogen) atoms. The van der Waals surface area contributed by atoms with Crippen LogP contribution in [-0.4, -0.2) is 18.5 Å². The third kappa shape index (κ3) is 3.43. The highest BCUT2D eigenvalue weighted by molar-refractivity contribution is 5.95. The number of rotatable bonds is 5. The van der Waals surface area contributed by atoms with E-state index in [1.54, 1.807) is 0 Å². The SMILES string of the molecule is CCC(C)(CC)NC(=O)c1cc(F)c(NC)c(F)c1. The molecule has 1 aromatic carbocycles. The molecule has 1 amide bonds. The lowest BCUT2D eigenvalue weighted by molar-refractivity contribution is 0.0900. The lowest BCUT2D eigenvalue weighted by Crippen LogP contribution is -2.45. The van der Waals surface area contributed by atoms with Crippen LogP contribution in [0, 0.1) is 11.6 Å². The van der Waals surface area contributed by atoms with Gasteiger partial charge in [-0.1, -0.05) is 13.8 Å². The summed E-state index contributed by atoms with van der Waals surface area (Å²) in [6.45, 7) is 5.81. The molecule has 0 radical (unpaired) electrons. The molecule has 0 saturated heterocycles. The Balaban J connectivity index is 3.02. The summed E-state index contributed by atoms with van der Waals surface area (Å²) >= 11 is 0. The fourth-order valence-electron chi connectivity index (χ4n) is 1.72. The topological polar surface area (TPSA) is 41.1 Å². The minimum atomic E-state index is -0.776. The summed E-state index contributed by atoms with van der Waals surface area (Å²) in [5, 5.41) is 5.23. The van der Waals surface area contributed by atoms with Gasteiger partial charge >= 0.3 is 0 Å². The number of benzene rings is 1. The second-order valence-corrected chi connectivity index (χ2v) is 4.79. The molecule has 0 atom stereocenters. The first-order chi connectivity index (χ1) is 8.86. The Morgan fingerprint density at radius 3 is 2.05 bits per heavy atom. The maximum absolute atomic E-state index is 13.6. The molecular weight excluding hydrogens is 250 g/mol. The van der Waals surface area contributed by atoms with Crippen LogP contribution < -0.4 is 10.6 Å². The van der Waals surface area contributed by atoms with Crippen LogP contribution in [0.15, 0.2) is 12.1 Å².